The van der Waals surface area contributed by atoms with Gasteiger partial charge in [-0.05, 0) is 43.0 Å². The Bertz CT molecular complexity index is 1170. The highest BCUT2D eigenvalue weighted by Crippen LogP contribution is 2.20. The fourth-order valence-electron chi connectivity index (χ4n) is 4.47. The number of carbonyl (C=O) groups is 1. The Balaban J connectivity index is 1.16. The lowest BCUT2D eigenvalue weighted by molar-refractivity contribution is 0.0913. The number of rotatable bonds is 5. The van der Waals surface area contributed by atoms with Gasteiger partial charge in [0, 0.05) is 54.4 Å². The number of hydrogen-bond acceptors (Lipinski definition) is 3. The predicted octanol–water partition coefficient (Wildman–Crippen LogP) is 4.15. The lowest BCUT2D eigenvalue weighted by Crippen LogP contribution is -2.45. The largest absolute Gasteiger partial charge is 0.361 e. The third kappa shape index (κ3) is 3.81. The minimum atomic E-state index is 0.00541. The van der Waals surface area contributed by atoms with Crippen LogP contribution in [-0.4, -0.2) is 46.5 Å². The molecular weight excluding hydrogens is 372 g/mol. The van der Waals surface area contributed by atoms with Gasteiger partial charge in [0.15, 0.2) is 0 Å². The summed E-state index contributed by atoms with van der Waals surface area (Å²) in [6.07, 6.45) is 6.87. The lowest BCUT2D eigenvalue weighted by Gasteiger charge is -2.32. The molecule has 2 aromatic heterocycles. The quantitative estimate of drug-likeness (QED) is 0.531. The molecule has 2 N–H and O–H groups in total. The van der Waals surface area contributed by atoms with Crippen molar-refractivity contribution in [3.63, 3.8) is 0 Å². The third-order valence-electron chi connectivity index (χ3n) is 6.19. The highest BCUT2D eigenvalue weighted by atomic mass is 16.1. The van der Waals surface area contributed by atoms with E-state index in [1.165, 1.54) is 16.5 Å². The van der Waals surface area contributed by atoms with Crippen LogP contribution in [-0.2, 0) is 6.42 Å². The van der Waals surface area contributed by atoms with Gasteiger partial charge in [0.2, 0.25) is 0 Å². The molecule has 1 aliphatic rings. The molecule has 1 saturated heterocycles. The van der Waals surface area contributed by atoms with Crippen LogP contribution in [0.25, 0.3) is 21.8 Å². The second-order valence-electron chi connectivity index (χ2n) is 8.07. The summed E-state index contributed by atoms with van der Waals surface area (Å²) in [6, 6.07) is 18.3. The minimum absolute atomic E-state index is 0.00541. The van der Waals surface area contributed by atoms with E-state index >= 15 is 0 Å². The molecule has 2 aromatic carbocycles. The van der Waals surface area contributed by atoms with Crippen molar-refractivity contribution in [3.8, 4) is 0 Å². The van der Waals surface area contributed by atoms with Crippen molar-refractivity contribution in [2.24, 2.45) is 0 Å². The molecule has 0 bridgehead atoms. The van der Waals surface area contributed by atoms with E-state index in [0.29, 0.717) is 5.56 Å². The maximum absolute atomic E-state index is 12.9. The molecule has 1 amide bonds. The number of para-hydroxylation sites is 2. The summed E-state index contributed by atoms with van der Waals surface area (Å²) in [4.78, 5) is 23.1. The van der Waals surface area contributed by atoms with E-state index in [4.69, 9.17) is 0 Å². The Morgan fingerprint density at radius 3 is 2.67 bits per heavy atom. The molecule has 3 heterocycles. The fourth-order valence-corrected chi connectivity index (χ4v) is 4.47. The molecule has 30 heavy (non-hydrogen) atoms. The first-order valence-corrected chi connectivity index (χ1v) is 10.7. The van der Waals surface area contributed by atoms with E-state index in [0.717, 1.165) is 49.8 Å². The third-order valence-corrected chi connectivity index (χ3v) is 6.19. The number of nitrogens with one attached hydrogen (secondary N) is 2. The number of likely N-dealkylation sites (tertiary alicyclic amines) is 1. The monoisotopic (exact) mass is 398 g/mol. The first-order chi connectivity index (χ1) is 14.8. The number of nitrogens with zero attached hydrogens (tertiary/aromatic N) is 2. The molecule has 5 nitrogen and oxygen atoms in total. The number of aromatic amines is 1. The molecule has 4 aromatic rings. The predicted molar refractivity (Wildman–Crippen MR) is 121 cm³/mol. The number of amides is 1. The van der Waals surface area contributed by atoms with Crippen molar-refractivity contribution in [1.82, 2.24) is 20.2 Å². The van der Waals surface area contributed by atoms with E-state index < -0.39 is 0 Å². The summed E-state index contributed by atoms with van der Waals surface area (Å²) < 4.78 is 0. The van der Waals surface area contributed by atoms with Crippen LogP contribution in [0.3, 0.4) is 0 Å². The molecule has 1 aliphatic heterocycles. The Kier molecular flexibility index (Phi) is 5.20. The van der Waals surface area contributed by atoms with E-state index in [1.807, 2.05) is 30.3 Å². The maximum Gasteiger partial charge on any atom is 0.252 e. The van der Waals surface area contributed by atoms with Crippen LogP contribution in [0.1, 0.15) is 28.8 Å². The first kappa shape index (κ1) is 18.8. The zero-order chi connectivity index (χ0) is 20.3. The number of carbonyl (C=O) groups excluding carboxylic acids is 1. The summed E-state index contributed by atoms with van der Waals surface area (Å²) in [5.74, 6) is 0.00541. The van der Waals surface area contributed by atoms with Gasteiger partial charge in [-0.15, -0.1) is 0 Å². The van der Waals surface area contributed by atoms with Crippen LogP contribution < -0.4 is 5.32 Å². The smallest absolute Gasteiger partial charge is 0.252 e. The minimum Gasteiger partial charge on any atom is -0.361 e. The van der Waals surface area contributed by atoms with Crippen molar-refractivity contribution in [2.45, 2.75) is 25.3 Å². The van der Waals surface area contributed by atoms with E-state index in [2.05, 4.69) is 50.6 Å². The number of pyridine rings is 1. The van der Waals surface area contributed by atoms with E-state index in [-0.39, 0.29) is 11.9 Å². The summed E-state index contributed by atoms with van der Waals surface area (Å²) >= 11 is 0. The molecule has 0 atom stereocenters. The Morgan fingerprint density at radius 2 is 1.80 bits per heavy atom. The fraction of sp³-hybridized carbons (Fsp3) is 0.280. The molecule has 1 fully saturated rings. The summed E-state index contributed by atoms with van der Waals surface area (Å²) in [6.45, 7) is 3.09. The molecule has 0 radical (unpaired) electrons. The zero-order valence-electron chi connectivity index (χ0n) is 17.0. The second kappa shape index (κ2) is 8.28. The molecule has 0 saturated carbocycles. The summed E-state index contributed by atoms with van der Waals surface area (Å²) in [5, 5.41) is 5.48. The number of fused-ring (bicyclic) bond motifs is 2. The maximum atomic E-state index is 12.9. The van der Waals surface area contributed by atoms with Crippen molar-refractivity contribution >= 4 is 27.7 Å². The Morgan fingerprint density at radius 1 is 1.03 bits per heavy atom. The van der Waals surface area contributed by atoms with Gasteiger partial charge in [0.05, 0.1) is 11.1 Å². The normalized spacial score (nSPS) is 15.6. The van der Waals surface area contributed by atoms with Gasteiger partial charge in [0.25, 0.3) is 5.91 Å². The van der Waals surface area contributed by atoms with Crippen molar-refractivity contribution in [2.75, 3.05) is 19.6 Å². The molecule has 5 rings (SSSR count). The van der Waals surface area contributed by atoms with Crippen LogP contribution in [0, 0.1) is 0 Å². The number of piperidine rings is 1. The summed E-state index contributed by atoms with van der Waals surface area (Å²) in [7, 11) is 0. The topological polar surface area (TPSA) is 61.0 Å². The average Bonchev–Trinajstić information content (AvgIpc) is 3.21. The first-order valence-electron chi connectivity index (χ1n) is 10.7. The summed E-state index contributed by atoms with van der Waals surface area (Å²) in [5.41, 5.74) is 4.16. The Labute approximate surface area is 176 Å². The van der Waals surface area contributed by atoms with Crippen molar-refractivity contribution < 1.29 is 4.79 Å². The van der Waals surface area contributed by atoms with Gasteiger partial charge < -0.3 is 15.2 Å². The van der Waals surface area contributed by atoms with E-state index in [1.54, 1.807) is 6.20 Å². The highest BCUT2D eigenvalue weighted by molar-refractivity contribution is 6.06. The highest BCUT2D eigenvalue weighted by Gasteiger charge is 2.22. The second-order valence-corrected chi connectivity index (χ2v) is 8.07. The van der Waals surface area contributed by atoms with Gasteiger partial charge in [-0.1, -0.05) is 36.4 Å². The van der Waals surface area contributed by atoms with Crippen molar-refractivity contribution in [1.29, 1.82) is 0 Å². The van der Waals surface area contributed by atoms with Crippen LogP contribution >= 0.6 is 0 Å². The van der Waals surface area contributed by atoms with Gasteiger partial charge in [-0.2, -0.15) is 0 Å². The van der Waals surface area contributed by atoms with Gasteiger partial charge >= 0.3 is 0 Å². The molecule has 0 unspecified atom stereocenters. The SMILES string of the molecule is O=C(NC1CCN(CCc2c[nH]c3ccccc23)CC1)c1ccnc2ccccc12. The van der Waals surface area contributed by atoms with Gasteiger partial charge in [-0.25, -0.2) is 0 Å². The van der Waals surface area contributed by atoms with E-state index in [9.17, 15) is 4.79 Å². The average molecular weight is 399 g/mol. The van der Waals surface area contributed by atoms with Crippen LogP contribution in [0.15, 0.2) is 67.0 Å². The lowest BCUT2D eigenvalue weighted by atomic mass is 10.0. The standard InChI is InChI=1S/C25H26N4O/c30-25(22-9-13-26-24-8-4-2-6-21(22)24)28-19-11-15-29(16-12-19)14-10-18-17-27-23-7-3-1-5-20(18)23/h1-9,13,17,19,27H,10-12,14-16H2,(H,28,30). The number of aromatic nitrogens is 2. The van der Waals surface area contributed by atoms with Gasteiger partial charge in [-0.3, -0.25) is 9.78 Å². The number of hydrogen-bond donors (Lipinski definition) is 2. The molecule has 0 spiro atoms. The zero-order valence-corrected chi connectivity index (χ0v) is 17.0. The van der Waals surface area contributed by atoms with Crippen LogP contribution in [0.2, 0.25) is 0 Å². The van der Waals surface area contributed by atoms with Crippen LogP contribution in [0.4, 0.5) is 0 Å². The van der Waals surface area contributed by atoms with Gasteiger partial charge in [0.1, 0.15) is 0 Å². The Hall–Kier alpha value is -3.18. The molecule has 0 aliphatic carbocycles. The number of H-pyrrole nitrogens is 1. The molecule has 5 heteroatoms. The molecule has 152 valence electrons. The van der Waals surface area contributed by atoms with Crippen molar-refractivity contribution in [3.05, 3.63) is 78.1 Å². The number of benzene rings is 2. The van der Waals surface area contributed by atoms with Crippen LogP contribution in [0.5, 0.6) is 0 Å². The molecular formula is C25H26N4O.